The maximum Gasteiger partial charge on any atom is 0.522 e. The predicted octanol–water partition coefficient (Wildman–Crippen LogP) is 9.24. The van der Waals surface area contributed by atoms with E-state index in [9.17, 15) is 49.5 Å². The SMILES string of the molecule is C=CCC1(O)N(Cc2cc(C)cc(C)c2)C(=O)N(CC)C12CCNCC2.CC#N.CCN1C(=O)N2Cc3cc(C)cc(C)c3C(C)C=C2C12CCNCC2.C[Si](C)(C)OS(=O)(=O)C(F)(F)F.O=S(=O)(O)C(F)(F)F. The number of carbonyl (C=O) groups excluding carboxylic acids is 2. The molecule has 5 aliphatic rings. The summed E-state index contributed by atoms with van der Waals surface area (Å²) in [6.07, 6.45) is 8.02. The van der Waals surface area contributed by atoms with E-state index in [1.165, 1.54) is 65.6 Å². The van der Waals surface area contributed by atoms with Gasteiger partial charge in [-0.25, -0.2) is 9.59 Å². The first-order valence-corrected chi connectivity index (χ1v) is 30.4. The van der Waals surface area contributed by atoms with Crippen LogP contribution in [0.2, 0.25) is 19.6 Å². The van der Waals surface area contributed by atoms with E-state index >= 15 is 0 Å². The minimum atomic E-state index is -5.84. The monoisotopic (exact) mass is 1110 g/mol. The molecule has 74 heavy (non-hydrogen) atoms. The standard InChI is InChI=1S/C21H31N3O2.C21H29N3O.C4H9F3O3SSi.C2H3N.CHF3O3S/c1-5-7-21(26)20(8-10-22-11-9-20)23(6-2)19(25)24(21)15-18-13-16(3)12-17(4)14-18;1-5-24-20(25)23-13-17-11-14(2)10-15(3)19(17)16(4)12-18(23)21(24)6-8-22-9-7-21;1-12(2,3)10-11(8,9)4(5,6)7;1-2-3;2-1(3,4)8(5,6)7/h5,12-14,22,26H,1,6-11,15H2,2-4H3;10-12,16,22H,5-9,13H2,1-4H3;1-3H3;1H3;(H,5,6,7). The molecule has 4 amide bonds. The molecule has 16 nitrogen and oxygen atoms in total. The number of carbonyl (C=O) groups is 2. The van der Waals surface area contributed by atoms with Crippen molar-refractivity contribution in [2.45, 2.75) is 154 Å². The summed E-state index contributed by atoms with van der Waals surface area (Å²) in [6.45, 7) is 30.3. The second kappa shape index (κ2) is 24.6. The Morgan fingerprint density at radius 3 is 1.72 bits per heavy atom. The summed E-state index contributed by atoms with van der Waals surface area (Å²) in [7, 11) is -13.9. The molecule has 25 heteroatoms. The molecule has 2 spiro atoms. The molecule has 2 atom stereocenters. The lowest BCUT2D eigenvalue weighted by Gasteiger charge is -2.49. The molecular weight excluding hydrogens is 1040 g/mol. The first-order valence-electron chi connectivity index (χ1n) is 24.2. The number of likely N-dealkylation sites (N-methyl/N-ethyl adjacent to an activating group) is 2. The molecule has 0 aromatic heterocycles. The largest absolute Gasteiger partial charge is 0.522 e. The molecule has 0 aliphatic carbocycles. The van der Waals surface area contributed by atoms with Crippen molar-refractivity contribution in [2.75, 3.05) is 39.3 Å². The molecule has 0 radical (unpaired) electrons. The van der Waals surface area contributed by atoms with Gasteiger partial charge in [-0.15, -0.1) is 6.58 Å². The zero-order chi connectivity index (χ0) is 56.6. The van der Waals surface area contributed by atoms with Crippen LogP contribution in [0.25, 0.3) is 0 Å². The number of amides is 4. The second-order valence-electron chi connectivity index (χ2n) is 19.8. The number of benzene rings is 2. The second-order valence-corrected chi connectivity index (χ2v) is 27.5. The number of rotatable bonds is 8. The van der Waals surface area contributed by atoms with Crippen molar-refractivity contribution < 1.29 is 66.3 Å². The molecule has 5 aliphatic heterocycles. The number of nitrogens with zero attached hydrogens (tertiary/aromatic N) is 5. The molecule has 0 saturated carbocycles. The summed E-state index contributed by atoms with van der Waals surface area (Å²) in [5, 5.41) is 26.0. The minimum Gasteiger partial charge on any atom is -0.368 e. The fourth-order valence-electron chi connectivity index (χ4n) is 10.7. The van der Waals surface area contributed by atoms with Crippen LogP contribution in [-0.4, -0.2) is 134 Å². The van der Waals surface area contributed by atoms with Crippen molar-refractivity contribution in [1.82, 2.24) is 30.2 Å². The number of allylic oxidation sites excluding steroid dienone is 1. The number of hydrogen-bond donors (Lipinski definition) is 4. The molecule has 4 fully saturated rings. The van der Waals surface area contributed by atoms with Gasteiger partial charge in [-0.05, 0) is 135 Å². The van der Waals surface area contributed by atoms with Gasteiger partial charge in [0.1, 0.15) is 0 Å². The van der Waals surface area contributed by atoms with Crippen molar-refractivity contribution in [3.05, 3.63) is 93.7 Å². The molecule has 4 N–H and O–H groups in total. The Morgan fingerprint density at radius 1 is 0.824 bits per heavy atom. The zero-order valence-corrected chi connectivity index (χ0v) is 46.7. The predicted molar refractivity (Wildman–Crippen MR) is 273 cm³/mol. The van der Waals surface area contributed by atoms with E-state index in [1.807, 2.05) is 11.8 Å². The van der Waals surface area contributed by atoms with Gasteiger partial charge >= 0.3 is 43.3 Å². The molecule has 0 bridgehead atoms. The van der Waals surface area contributed by atoms with Crippen molar-refractivity contribution >= 4 is 40.6 Å². The molecule has 7 rings (SSSR count). The Bertz CT molecular complexity index is 2610. The molecule has 416 valence electrons. The Morgan fingerprint density at radius 2 is 1.30 bits per heavy atom. The number of urea groups is 2. The summed E-state index contributed by atoms with van der Waals surface area (Å²) >= 11 is 0. The number of nitriles is 1. The highest BCUT2D eigenvalue weighted by atomic mass is 32.2. The molecule has 5 heterocycles. The van der Waals surface area contributed by atoms with Crippen LogP contribution in [0.4, 0.5) is 35.9 Å². The van der Waals surface area contributed by atoms with Gasteiger partial charge < -0.3 is 29.4 Å². The van der Waals surface area contributed by atoms with Gasteiger partial charge in [0.15, 0.2) is 5.72 Å². The van der Waals surface area contributed by atoms with Crippen molar-refractivity contribution in [3.63, 3.8) is 0 Å². The summed E-state index contributed by atoms with van der Waals surface area (Å²) in [5.41, 5.74) is -2.76. The van der Waals surface area contributed by atoms with E-state index in [2.05, 4.69) is 109 Å². The first kappa shape index (κ1) is 63.7. The zero-order valence-electron chi connectivity index (χ0n) is 44.1. The van der Waals surface area contributed by atoms with Gasteiger partial charge in [-0.3, -0.25) is 14.4 Å². The van der Waals surface area contributed by atoms with Crippen molar-refractivity contribution in [1.29, 1.82) is 5.26 Å². The summed E-state index contributed by atoms with van der Waals surface area (Å²) in [6, 6.07) is 12.7. The van der Waals surface area contributed by atoms with E-state index in [4.69, 9.17) is 18.2 Å². The maximum atomic E-state index is 13.3. The number of fused-ring (bicyclic) bond motifs is 3. The Balaban J connectivity index is 0.000000279. The van der Waals surface area contributed by atoms with Crippen LogP contribution in [0.15, 0.2) is 54.8 Å². The van der Waals surface area contributed by atoms with Gasteiger partial charge in [0.2, 0.25) is 8.32 Å². The molecule has 4 saturated heterocycles. The summed E-state index contributed by atoms with van der Waals surface area (Å²) in [5.74, 6) is 0.340. The maximum absolute atomic E-state index is 13.3. The number of aryl methyl sites for hydroxylation is 4. The molecule has 2 aromatic carbocycles. The summed E-state index contributed by atoms with van der Waals surface area (Å²) in [4.78, 5) is 34.3. The summed E-state index contributed by atoms with van der Waals surface area (Å²) < 4.78 is 117. The Kier molecular flexibility index (Phi) is 21.2. The quantitative estimate of drug-likeness (QED) is 0.0641. The normalized spacial score (nSPS) is 21.3. The van der Waals surface area contributed by atoms with Gasteiger partial charge in [0, 0.05) is 38.0 Å². The van der Waals surface area contributed by atoms with Crippen LogP contribution >= 0.6 is 0 Å². The van der Waals surface area contributed by atoms with E-state index in [1.54, 1.807) is 17.0 Å². The Labute approximate surface area is 433 Å². The lowest BCUT2D eigenvalue weighted by Crippen LogP contribution is -2.65. The van der Waals surface area contributed by atoms with Crippen LogP contribution in [-0.2, 0) is 37.2 Å². The van der Waals surface area contributed by atoms with Gasteiger partial charge in [-0.1, -0.05) is 66.1 Å². The Hall–Kier alpha value is -4.55. The van der Waals surface area contributed by atoms with Crippen LogP contribution < -0.4 is 10.6 Å². The molecule has 2 aromatic rings. The van der Waals surface area contributed by atoms with Crippen molar-refractivity contribution in [3.8, 4) is 6.07 Å². The highest BCUT2D eigenvalue weighted by molar-refractivity contribution is 7.88. The van der Waals surface area contributed by atoms with Gasteiger partial charge in [0.25, 0.3) is 0 Å². The third-order valence-electron chi connectivity index (χ3n) is 13.2. The number of nitrogens with one attached hydrogen (secondary N) is 2. The van der Waals surface area contributed by atoms with Crippen molar-refractivity contribution in [2.24, 2.45) is 0 Å². The van der Waals surface area contributed by atoms with Crippen LogP contribution in [0.1, 0.15) is 105 Å². The number of alkyl halides is 6. The van der Waals surface area contributed by atoms with Gasteiger partial charge in [-0.2, -0.15) is 48.4 Å². The number of halogens is 6. The third-order valence-corrected chi connectivity index (χ3v) is 17.2. The topological polar surface area (TPSA) is 213 Å². The van der Waals surface area contributed by atoms with Crippen LogP contribution in [0.5, 0.6) is 0 Å². The van der Waals surface area contributed by atoms with E-state index in [0.29, 0.717) is 32.0 Å². The van der Waals surface area contributed by atoms with Crippen LogP contribution in [0.3, 0.4) is 0 Å². The average Bonchev–Trinajstić information content (AvgIpc) is 3.44. The van der Waals surface area contributed by atoms with E-state index in [-0.39, 0.29) is 17.6 Å². The number of piperidine rings is 2. The van der Waals surface area contributed by atoms with Gasteiger partial charge in [0.05, 0.1) is 30.2 Å². The fourth-order valence-corrected chi connectivity index (χ4v) is 13.7. The molecular formula is C49H73F6N7O9S2Si. The average molecular weight is 1110 g/mol. The first-order chi connectivity index (χ1) is 34.0. The third kappa shape index (κ3) is 14.3. The van der Waals surface area contributed by atoms with E-state index in [0.717, 1.165) is 64.0 Å². The fraction of sp³-hybridized carbons (Fsp3) is 0.612. The highest BCUT2D eigenvalue weighted by Gasteiger charge is 2.65. The minimum absolute atomic E-state index is 0.0714. The smallest absolute Gasteiger partial charge is 0.368 e. The highest BCUT2D eigenvalue weighted by Crippen LogP contribution is 2.49. The van der Waals surface area contributed by atoms with Crippen LogP contribution in [0, 0.1) is 39.0 Å². The molecule has 2 unspecified atom stereocenters. The van der Waals surface area contributed by atoms with E-state index < -0.39 is 50.8 Å². The number of aliphatic hydroxyl groups is 1. The number of hydrogen-bond acceptors (Lipinski definition) is 11. The lowest BCUT2D eigenvalue weighted by molar-refractivity contribution is -0.142. The lowest BCUT2D eigenvalue weighted by atomic mass is 9.76.